The van der Waals surface area contributed by atoms with Crippen LogP contribution in [0, 0.1) is 6.92 Å². The van der Waals surface area contributed by atoms with Gasteiger partial charge in [0.25, 0.3) is 0 Å². The minimum Gasteiger partial charge on any atom is -1.00 e. The number of sulfone groups is 1. The Labute approximate surface area is 112 Å². The first-order valence-corrected chi connectivity index (χ1v) is 5.59. The topological polar surface area (TPSA) is 71.4 Å². The van der Waals surface area contributed by atoms with Crippen molar-refractivity contribution in [1.82, 2.24) is 0 Å². The molecule has 1 aromatic rings. The molecule has 0 saturated carbocycles. The first-order valence-electron chi connectivity index (χ1n) is 3.93. The minimum atomic E-state index is -3.69. The molecule has 0 radical (unpaired) electrons. The first-order chi connectivity index (χ1) is 6.43. The van der Waals surface area contributed by atoms with E-state index in [-0.39, 0.29) is 35.9 Å². The molecule has 0 amide bonds. The van der Waals surface area contributed by atoms with Crippen LogP contribution in [0.5, 0.6) is 0 Å². The van der Waals surface area contributed by atoms with Gasteiger partial charge >= 0.3 is 35.5 Å². The molecule has 78 valence electrons. The smallest absolute Gasteiger partial charge is 1.00 e. The second-order valence-electron chi connectivity index (χ2n) is 2.92. The van der Waals surface area contributed by atoms with Crippen molar-refractivity contribution in [1.29, 1.82) is 0 Å². The van der Waals surface area contributed by atoms with Gasteiger partial charge in [-0.2, -0.15) is 0 Å². The summed E-state index contributed by atoms with van der Waals surface area (Å²) in [5, 5.41) is 8.42. The maximum Gasteiger partial charge on any atom is 1.00 e. The third-order valence-electron chi connectivity index (χ3n) is 1.74. The van der Waals surface area contributed by atoms with Crippen molar-refractivity contribution in [2.75, 3.05) is 5.75 Å². The summed E-state index contributed by atoms with van der Waals surface area (Å²) in [5.74, 6) is -2.20. The molecule has 0 aromatic heterocycles. The zero-order valence-electron chi connectivity index (χ0n) is 9.60. The first kappa shape index (κ1) is 14.6. The summed E-state index contributed by atoms with van der Waals surface area (Å²) in [4.78, 5) is 10.4. The Kier molecular flexibility index (Phi) is 5.51. The minimum absolute atomic E-state index is 0. The Balaban J connectivity index is 0. The van der Waals surface area contributed by atoms with Crippen LogP contribution in [-0.2, 0) is 14.6 Å². The van der Waals surface area contributed by atoms with Crippen molar-refractivity contribution in [3.8, 4) is 0 Å². The number of carbonyl (C=O) groups is 1. The Morgan fingerprint density at radius 1 is 1.40 bits per heavy atom. The predicted octanol–water partition coefficient (Wildman–Crippen LogP) is -2.03. The van der Waals surface area contributed by atoms with Crippen LogP contribution in [0.15, 0.2) is 29.2 Å². The standard InChI is InChI=1S/C9H10O4S.Na.H/c1-7-4-2-3-5-8(7)14(12,13)6-9(10)11;;/h2-5H,6H2,1H3,(H,10,11);;/q;+1;-1. The Bertz CT molecular complexity index is 458. The maximum absolute atomic E-state index is 11.5. The molecule has 0 saturated heterocycles. The van der Waals surface area contributed by atoms with Gasteiger partial charge in [0.05, 0.1) is 4.90 Å². The van der Waals surface area contributed by atoms with E-state index in [1.54, 1.807) is 25.1 Å². The summed E-state index contributed by atoms with van der Waals surface area (Å²) < 4.78 is 23.0. The van der Waals surface area contributed by atoms with Gasteiger partial charge in [-0.1, -0.05) is 18.2 Å². The van der Waals surface area contributed by atoms with E-state index in [0.717, 1.165) is 0 Å². The number of benzene rings is 1. The summed E-state index contributed by atoms with van der Waals surface area (Å²) in [7, 11) is -3.69. The average Bonchev–Trinajstić information content (AvgIpc) is 2.02. The summed E-state index contributed by atoms with van der Waals surface area (Å²) in [6.07, 6.45) is 0. The molecule has 6 heteroatoms. The molecule has 0 aliphatic rings. The van der Waals surface area contributed by atoms with Gasteiger partial charge in [0, 0.05) is 0 Å². The van der Waals surface area contributed by atoms with Gasteiger partial charge in [-0.05, 0) is 18.6 Å². The molecule has 0 atom stereocenters. The van der Waals surface area contributed by atoms with E-state index in [1.165, 1.54) is 6.07 Å². The van der Waals surface area contributed by atoms with Crippen LogP contribution in [0.2, 0.25) is 0 Å². The van der Waals surface area contributed by atoms with Crippen LogP contribution in [0.4, 0.5) is 0 Å². The molecule has 0 unspecified atom stereocenters. The fourth-order valence-corrected chi connectivity index (χ4v) is 2.47. The van der Waals surface area contributed by atoms with Crippen molar-refractivity contribution in [3.05, 3.63) is 29.8 Å². The van der Waals surface area contributed by atoms with E-state index < -0.39 is 21.6 Å². The SMILES string of the molecule is Cc1ccccc1S(=O)(=O)CC(=O)O.[H-].[Na+]. The van der Waals surface area contributed by atoms with E-state index in [0.29, 0.717) is 5.56 Å². The van der Waals surface area contributed by atoms with E-state index in [1.807, 2.05) is 0 Å². The Morgan fingerprint density at radius 3 is 2.40 bits per heavy atom. The third kappa shape index (κ3) is 3.95. The van der Waals surface area contributed by atoms with Crippen LogP contribution in [0.25, 0.3) is 0 Å². The van der Waals surface area contributed by atoms with Gasteiger partial charge in [0.2, 0.25) is 0 Å². The van der Waals surface area contributed by atoms with Crippen LogP contribution in [0.3, 0.4) is 0 Å². The molecule has 0 fully saturated rings. The molecule has 0 heterocycles. The molecule has 0 aliphatic carbocycles. The van der Waals surface area contributed by atoms with Crippen molar-refractivity contribution >= 4 is 15.8 Å². The molecule has 1 N–H and O–H groups in total. The summed E-state index contributed by atoms with van der Waals surface area (Å²) in [6, 6.07) is 6.32. The number of rotatable bonds is 3. The van der Waals surface area contributed by atoms with Crippen LogP contribution in [0.1, 0.15) is 6.99 Å². The molecular weight excluding hydrogens is 227 g/mol. The summed E-state index contributed by atoms with van der Waals surface area (Å²) in [5.41, 5.74) is 0.564. The van der Waals surface area contributed by atoms with Gasteiger partial charge < -0.3 is 6.53 Å². The second kappa shape index (κ2) is 5.65. The average molecular weight is 238 g/mol. The quantitative estimate of drug-likeness (QED) is 0.616. The molecule has 0 bridgehead atoms. The summed E-state index contributed by atoms with van der Waals surface area (Å²) >= 11 is 0. The zero-order valence-corrected chi connectivity index (χ0v) is 11.4. The van der Waals surface area contributed by atoms with Gasteiger partial charge in [-0.3, -0.25) is 4.79 Å². The number of aryl methyl sites for hydroxylation is 1. The zero-order chi connectivity index (χ0) is 10.8. The summed E-state index contributed by atoms with van der Waals surface area (Å²) in [6.45, 7) is 1.63. The van der Waals surface area contributed by atoms with Gasteiger partial charge in [-0.25, -0.2) is 8.42 Å². The molecule has 0 spiro atoms. The van der Waals surface area contributed by atoms with Gasteiger partial charge in [-0.15, -0.1) is 0 Å². The normalized spacial score (nSPS) is 10.5. The van der Waals surface area contributed by atoms with E-state index in [9.17, 15) is 13.2 Å². The number of carboxylic acids is 1. The molecule has 1 aromatic carbocycles. The Hall–Kier alpha value is -0.360. The van der Waals surface area contributed by atoms with E-state index in [2.05, 4.69) is 0 Å². The largest absolute Gasteiger partial charge is 1.00 e. The number of hydrogen-bond acceptors (Lipinski definition) is 3. The van der Waals surface area contributed by atoms with Crippen LogP contribution < -0.4 is 29.6 Å². The molecule has 15 heavy (non-hydrogen) atoms. The van der Waals surface area contributed by atoms with E-state index in [4.69, 9.17) is 5.11 Å². The second-order valence-corrected chi connectivity index (χ2v) is 4.88. The fourth-order valence-electron chi connectivity index (χ4n) is 1.15. The van der Waals surface area contributed by atoms with Gasteiger partial charge in [0.15, 0.2) is 15.6 Å². The number of aliphatic carboxylic acids is 1. The Morgan fingerprint density at radius 2 is 1.93 bits per heavy atom. The third-order valence-corrected chi connectivity index (χ3v) is 3.50. The van der Waals surface area contributed by atoms with E-state index >= 15 is 0 Å². The van der Waals surface area contributed by atoms with Crippen LogP contribution >= 0.6 is 0 Å². The number of hydrogen-bond donors (Lipinski definition) is 1. The molecule has 4 nitrogen and oxygen atoms in total. The van der Waals surface area contributed by atoms with Crippen molar-refractivity contribution in [3.63, 3.8) is 0 Å². The predicted molar refractivity (Wildman–Crippen MR) is 52.0 cm³/mol. The van der Waals surface area contributed by atoms with Crippen molar-refractivity contribution in [2.45, 2.75) is 11.8 Å². The van der Waals surface area contributed by atoms with Crippen LogP contribution in [-0.4, -0.2) is 25.2 Å². The monoisotopic (exact) mass is 238 g/mol. The van der Waals surface area contributed by atoms with Gasteiger partial charge in [0.1, 0.15) is 0 Å². The fraction of sp³-hybridized carbons (Fsp3) is 0.222. The molecular formula is C9H11NaO4S. The maximum atomic E-state index is 11.5. The molecule has 1 rings (SSSR count). The van der Waals surface area contributed by atoms with Crippen molar-refractivity contribution in [2.24, 2.45) is 0 Å². The van der Waals surface area contributed by atoms with Crippen molar-refractivity contribution < 1.29 is 49.3 Å². The molecule has 0 aliphatic heterocycles. The number of carboxylic acid groups (broad SMARTS) is 1.